The molecule has 2 nitrogen and oxygen atoms in total. The summed E-state index contributed by atoms with van der Waals surface area (Å²) in [6, 6.07) is 16.3. The van der Waals surface area contributed by atoms with Crippen molar-refractivity contribution < 1.29 is 4.39 Å². The standard InChI is InChI=1S/C15H11FN2/c16-14-11-8-4-5-9-12(11)18-15(17)13(14)10-6-2-1-3-7-10/h1-9H,(H2,17,18). The van der Waals surface area contributed by atoms with E-state index in [-0.39, 0.29) is 11.6 Å². The van der Waals surface area contributed by atoms with Gasteiger partial charge in [0.15, 0.2) is 0 Å². The molecule has 0 saturated heterocycles. The molecule has 88 valence electrons. The van der Waals surface area contributed by atoms with Gasteiger partial charge in [-0.15, -0.1) is 0 Å². The summed E-state index contributed by atoms with van der Waals surface area (Å²) in [5.41, 5.74) is 7.56. The van der Waals surface area contributed by atoms with Crippen LogP contribution in [0.25, 0.3) is 22.0 Å². The first kappa shape index (κ1) is 10.7. The minimum atomic E-state index is -0.315. The van der Waals surface area contributed by atoms with Gasteiger partial charge in [0.05, 0.1) is 11.1 Å². The lowest BCUT2D eigenvalue weighted by atomic mass is 10.0. The lowest BCUT2D eigenvalue weighted by Gasteiger charge is -2.09. The summed E-state index contributed by atoms with van der Waals surface area (Å²) in [7, 11) is 0. The maximum atomic E-state index is 14.5. The highest BCUT2D eigenvalue weighted by molar-refractivity contribution is 5.89. The van der Waals surface area contributed by atoms with Gasteiger partial charge in [0, 0.05) is 5.39 Å². The first-order chi connectivity index (χ1) is 8.77. The number of anilines is 1. The number of para-hydroxylation sites is 1. The predicted octanol–water partition coefficient (Wildman–Crippen LogP) is 3.62. The molecule has 0 saturated carbocycles. The summed E-state index contributed by atoms with van der Waals surface area (Å²) < 4.78 is 14.5. The monoisotopic (exact) mass is 238 g/mol. The van der Waals surface area contributed by atoms with Gasteiger partial charge in [0.1, 0.15) is 11.6 Å². The lowest BCUT2D eigenvalue weighted by Crippen LogP contribution is -1.99. The van der Waals surface area contributed by atoms with E-state index >= 15 is 0 Å². The largest absolute Gasteiger partial charge is 0.383 e. The minimum Gasteiger partial charge on any atom is -0.383 e. The van der Waals surface area contributed by atoms with Crippen molar-refractivity contribution in [1.82, 2.24) is 4.98 Å². The number of nitrogens with zero attached hydrogens (tertiary/aromatic N) is 1. The van der Waals surface area contributed by atoms with Crippen LogP contribution in [0.3, 0.4) is 0 Å². The number of rotatable bonds is 1. The molecule has 0 unspecified atom stereocenters. The number of hydrogen-bond donors (Lipinski definition) is 1. The molecule has 2 N–H and O–H groups in total. The summed E-state index contributed by atoms with van der Waals surface area (Å²) in [5, 5.41) is 0.491. The maximum absolute atomic E-state index is 14.5. The molecular weight excluding hydrogens is 227 g/mol. The number of nitrogen functional groups attached to an aromatic ring is 1. The zero-order chi connectivity index (χ0) is 12.5. The Morgan fingerprint density at radius 1 is 0.889 bits per heavy atom. The van der Waals surface area contributed by atoms with Gasteiger partial charge in [-0.1, -0.05) is 42.5 Å². The Balaban J connectivity index is 2.37. The molecule has 3 rings (SSSR count). The van der Waals surface area contributed by atoms with Gasteiger partial charge >= 0.3 is 0 Å². The molecule has 0 aliphatic heterocycles. The van der Waals surface area contributed by atoms with E-state index in [2.05, 4.69) is 4.98 Å². The third kappa shape index (κ3) is 1.61. The highest BCUT2D eigenvalue weighted by atomic mass is 19.1. The SMILES string of the molecule is Nc1nc2ccccc2c(F)c1-c1ccccc1. The van der Waals surface area contributed by atoms with Gasteiger partial charge in [0.25, 0.3) is 0 Å². The molecule has 3 aromatic rings. The van der Waals surface area contributed by atoms with Crippen molar-refractivity contribution >= 4 is 16.7 Å². The van der Waals surface area contributed by atoms with Crippen LogP contribution in [0, 0.1) is 5.82 Å². The van der Waals surface area contributed by atoms with Crippen molar-refractivity contribution in [1.29, 1.82) is 0 Å². The third-order valence-corrected chi connectivity index (χ3v) is 2.92. The molecular formula is C15H11FN2. The van der Waals surface area contributed by atoms with Crippen LogP contribution in [0.4, 0.5) is 10.2 Å². The number of nitrogens with two attached hydrogens (primary N) is 1. The molecule has 3 heteroatoms. The zero-order valence-electron chi connectivity index (χ0n) is 9.60. The molecule has 0 atom stereocenters. The molecule has 0 aliphatic rings. The van der Waals surface area contributed by atoms with E-state index in [4.69, 9.17) is 5.73 Å². The second kappa shape index (κ2) is 4.11. The number of pyridine rings is 1. The van der Waals surface area contributed by atoms with E-state index in [1.165, 1.54) is 0 Å². The van der Waals surface area contributed by atoms with E-state index in [0.717, 1.165) is 5.56 Å². The Kier molecular flexibility index (Phi) is 2.45. The van der Waals surface area contributed by atoms with E-state index in [1.54, 1.807) is 18.2 Å². The molecule has 2 aromatic carbocycles. The van der Waals surface area contributed by atoms with Crippen molar-refractivity contribution in [2.24, 2.45) is 0 Å². The van der Waals surface area contributed by atoms with Crippen molar-refractivity contribution in [3.8, 4) is 11.1 Å². The Hall–Kier alpha value is -2.42. The van der Waals surface area contributed by atoms with Crippen LogP contribution in [0.2, 0.25) is 0 Å². The van der Waals surface area contributed by atoms with E-state index < -0.39 is 0 Å². The predicted molar refractivity (Wildman–Crippen MR) is 71.5 cm³/mol. The van der Waals surface area contributed by atoms with Crippen molar-refractivity contribution in [2.75, 3.05) is 5.73 Å². The van der Waals surface area contributed by atoms with Gasteiger partial charge in [0.2, 0.25) is 0 Å². The summed E-state index contributed by atoms with van der Waals surface area (Å²) in [4.78, 5) is 4.25. The quantitative estimate of drug-likeness (QED) is 0.703. The summed E-state index contributed by atoms with van der Waals surface area (Å²) in [6.07, 6.45) is 0. The fourth-order valence-corrected chi connectivity index (χ4v) is 2.07. The maximum Gasteiger partial charge on any atom is 0.144 e. The Morgan fingerprint density at radius 3 is 2.33 bits per heavy atom. The molecule has 0 aliphatic carbocycles. The number of hydrogen-bond acceptors (Lipinski definition) is 2. The van der Waals surface area contributed by atoms with E-state index in [1.807, 2.05) is 36.4 Å². The molecule has 0 amide bonds. The molecule has 0 radical (unpaired) electrons. The summed E-state index contributed by atoms with van der Waals surface area (Å²) >= 11 is 0. The average molecular weight is 238 g/mol. The van der Waals surface area contributed by atoms with Crippen molar-refractivity contribution in [3.63, 3.8) is 0 Å². The minimum absolute atomic E-state index is 0.220. The van der Waals surface area contributed by atoms with Crippen molar-refractivity contribution in [2.45, 2.75) is 0 Å². The van der Waals surface area contributed by atoms with Crippen LogP contribution in [-0.4, -0.2) is 4.98 Å². The smallest absolute Gasteiger partial charge is 0.144 e. The highest BCUT2D eigenvalue weighted by Crippen LogP contribution is 2.31. The number of fused-ring (bicyclic) bond motifs is 1. The fourth-order valence-electron chi connectivity index (χ4n) is 2.07. The van der Waals surface area contributed by atoms with Crippen LogP contribution in [0.15, 0.2) is 54.6 Å². The third-order valence-electron chi connectivity index (χ3n) is 2.92. The van der Waals surface area contributed by atoms with Crippen LogP contribution in [0.5, 0.6) is 0 Å². The molecule has 0 bridgehead atoms. The molecule has 0 fully saturated rings. The van der Waals surface area contributed by atoms with Crippen LogP contribution >= 0.6 is 0 Å². The van der Waals surface area contributed by atoms with Gasteiger partial charge in [-0.05, 0) is 17.7 Å². The van der Waals surface area contributed by atoms with Crippen molar-refractivity contribution in [3.05, 3.63) is 60.4 Å². The molecule has 1 aromatic heterocycles. The first-order valence-corrected chi connectivity index (χ1v) is 5.66. The van der Waals surface area contributed by atoms with Crippen LogP contribution in [0.1, 0.15) is 0 Å². The second-order valence-electron chi connectivity index (χ2n) is 4.07. The molecule has 1 heterocycles. The normalized spacial score (nSPS) is 10.7. The average Bonchev–Trinajstić information content (AvgIpc) is 2.40. The van der Waals surface area contributed by atoms with Gasteiger partial charge in [-0.25, -0.2) is 9.37 Å². The van der Waals surface area contributed by atoms with E-state index in [9.17, 15) is 4.39 Å². The zero-order valence-corrected chi connectivity index (χ0v) is 9.60. The fraction of sp³-hybridized carbons (Fsp3) is 0. The summed E-state index contributed by atoms with van der Waals surface area (Å²) in [6.45, 7) is 0. The van der Waals surface area contributed by atoms with Gasteiger partial charge in [-0.3, -0.25) is 0 Å². The Labute approximate surface area is 104 Å². The molecule has 0 spiro atoms. The molecule has 18 heavy (non-hydrogen) atoms. The van der Waals surface area contributed by atoms with Gasteiger partial charge in [-0.2, -0.15) is 0 Å². The number of aromatic nitrogens is 1. The van der Waals surface area contributed by atoms with E-state index in [0.29, 0.717) is 16.5 Å². The first-order valence-electron chi connectivity index (χ1n) is 5.66. The lowest BCUT2D eigenvalue weighted by molar-refractivity contribution is 0.642. The highest BCUT2D eigenvalue weighted by Gasteiger charge is 2.14. The number of benzene rings is 2. The van der Waals surface area contributed by atoms with Gasteiger partial charge < -0.3 is 5.73 Å². The topological polar surface area (TPSA) is 38.9 Å². The Morgan fingerprint density at radius 2 is 1.56 bits per heavy atom. The summed E-state index contributed by atoms with van der Waals surface area (Å²) in [5.74, 6) is -0.0956. The van der Waals surface area contributed by atoms with Crippen LogP contribution in [-0.2, 0) is 0 Å². The number of halogens is 1. The second-order valence-corrected chi connectivity index (χ2v) is 4.07. The van der Waals surface area contributed by atoms with Crippen LogP contribution < -0.4 is 5.73 Å². The Bertz CT molecular complexity index is 708.